The number of nitrogens with zero attached hydrogens (tertiary/aromatic N) is 1. The van der Waals surface area contributed by atoms with Crippen molar-refractivity contribution >= 4 is 40.0 Å². The van der Waals surface area contributed by atoms with E-state index in [2.05, 4.69) is 35.1 Å². The molecule has 0 saturated carbocycles. The molecule has 158 valence electrons. The second-order valence-corrected chi connectivity index (χ2v) is 9.14. The first-order valence-electron chi connectivity index (χ1n) is 10.3. The highest BCUT2D eigenvalue weighted by molar-refractivity contribution is 6.42. The Morgan fingerprint density at radius 3 is 2.77 bits per heavy atom. The van der Waals surface area contributed by atoms with Crippen LogP contribution in [-0.4, -0.2) is 29.2 Å². The molecule has 1 aliphatic heterocycles. The number of halogens is 2. The minimum absolute atomic E-state index is 0.00395. The number of ether oxygens (including phenoxy) is 1. The number of aromatic nitrogens is 1. The highest BCUT2D eigenvalue weighted by atomic mass is 35.5. The fourth-order valence-electron chi connectivity index (χ4n) is 4.31. The Hall–Kier alpha value is -2.01. The van der Waals surface area contributed by atoms with Gasteiger partial charge >= 0.3 is 0 Å². The molecule has 0 spiro atoms. The molecule has 0 radical (unpaired) electrons. The van der Waals surface area contributed by atoms with E-state index < -0.39 is 0 Å². The van der Waals surface area contributed by atoms with Gasteiger partial charge in [-0.2, -0.15) is 0 Å². The smallest absolute Gasteiger partial charge is 0.221 e. The standard InChI is InChI=1S/C24H26Cl2N2O2/c1-24(10-5-11-30-24)15-27-23(29)13-18(16-8-9-20(25)21(26)12-16)19-14-28(2)22-7-4-3-6-17(19)22/h3-4,6-9,12,14,18H,5,10-11,13,15H2,1-2H3,(H,27,29)/t18-,24-/m0/s1. The summed E-state index contributed by atoms with van der Waals surface area (Å²) < 4.78 is 7.90. The molecule has 4 rings (SSSR count). The van der Waals surface area contributed by atoms with Crippen molar-refractivity contribution in [1.29, 1.82) is 0 Å². The predicted molar refractivity (Wildman–Crippen MR) is 122 cm³/mol. The van der Waals surface area contributed by atoms with Crippen molar-refractivity contribution < 1.29 is 9.53 Å². The van der Waals surface area contributed by atoms with Gasteiger partial charge in [0.1, 0.15) is 0 Å². The number of carbonyl (C=O) groups excluding carboxylic acids is 1. The summed E-state index contributed by atoms with van der Waals surface area (Å²) in [5.41, 5.74) is 2.93. The lowest BCUT2D eigenvalue weighted by Gasteiger charge is -2.24. The largest absolute Gasteiger partial charge is 0.373 e. The lowest BCUT2D eigenvalue weighted by atomic mass is 9.88. The average Bonchev–Trinajstić information content (AvgIpc) is 3.31. The minimum Gasteiger partial charge on any atom is -0.373 e. The molecule has 1 aromatic heterocycles. The summed E-state index contributed by atoms with van der Waals surface area (Å²) in [6.07, 6.45) is 4.43. The second kappa shape index (κ2) is 8.62. The Bertz CT molecular complexity index is 1070. The summed E-state index contributed by atoms with van der Waals surface area (Å²) >= 11 is 12.5. The molecule has 3 aromatic rings. The van der Waals surface area contributed by atoms with E-state index >= 15 is 0 Å². The number of carbonyl (C=O) groups is 1. The van der Waals surface area contributed by atoms with Crippen LogP contribution in [0.2, 0.25) is 10.0 Å². The molecule has 4 nitrogen and oxygen atoms in total. The van der Waals surface area contributed by atoms with Crippen LogP contribution >= 0.6 is 23.2 Å². The number of benzene rings is 2. The average molecular weight is 445 g/mol. The maximum absolute atomic E-state index is 13.0. The molecule has 2 aromatic carbocycles. The van der Waals surface area contributed by atoms with Crippen LogP contribution in [0.4, 0.5) is 0 Å². The van der Waals surface area contributed by atoms with Gasteiger partial charge in [-0.3, -0.25) is 4.79 Å². The van der Waals surface area contributed by atoms with Crippen molar-refractivity contribution in [3.05, 3.63) is 69.8 Å². The number of para-hydroxylation sites is 1. The van der Waals surface area contributed by atoms with Crippen LogP contribution in [0.1, 0.15) is 43.2 Å². The van der Waals surface area contributed by atoms with Crippen LogP contribution in [0.15, 0.2) is 48.7 Å². The van der Waals surface area contributed by atoms with Gasteiger partial charge in [-0.05, 0) is 49.1 Å². The van der Waals surface area contributed by atoms with E-state index in [0.717, 1.165) is 41.5 Å². The summed E-state index contributed by atoms with van der Waals surface area (Å²) in [6.45, 7) is 3.34. The highest BCUT2D eigenvalue weighted by Crippen LogP contribution is 2.37. The third-order valence-corrected chi connectivity index (χ3v) is 6.74. The zero-order valence-corrected chi connectivity index (χ0v) is 18.8. The molecule has 6 heteroatoms. The summed E-state index contributed by atoms with van der Waals surface area (Å²) in [6, 6.07) is 13.8. The van der Waals surface area contributed by atoms with E-state index in [1.807, 2.05) is 31.3 Å². The molecule has 0 unspecified atom stereocenters. The van der Waals surface area contributed by atoms with Gasteiger partial charge in [0.2, 0.25) is 5.91 Å². The number of rotatable bonds is 6. The van der Waals surface area contributed by atoms with Gasteiger partial charge < -0.3 is 14.6 Å². The molecule has 2 heterocycles. The maximum Gasteiger partial charge on any atom is 0.221 e. The fourth-order valence-corrected chi connectivity index (χ4v) is 4.61. The first kappa shape index (κ1) is 21.2. The van der Waals surface area contributed by atoms with Crippen molar-refractivity contribution in [1.82, 2.24) is 9.88 Å². The molecule has 30 heavy (non-hydrogen) atoms. The zero-order valence-electron chi connectivity index (χ0n) is 17.3. The van der Waals surface area contributed by atoms with E-state index in [1.165, 1.54) is 0 Å². The summed E-state index contributed by atoms with van der Waals surface area (Å²) in [4.78, 5) is 13.0. The van der Waals surface area contributed by atoms with E-state index in [9.17, 15) is 4.79 Å². The van der Waals surface area contributed by atoms with Crippen molar-refractivity contribution in [2.24, 2.45) is 7.05 Å². The van der Waals surface area contributed by atoms with Gasteiger partial charge in [0.15, 0.2) is 0 Å². The minimum atomic E-state index is -0.270. The Labute approximate surface area is 187 Å². The lowest BCUT2D eigenvalue weighted by molar-refractivity contribution is -0.122. The van der Waals surface area contributed by atoms with Crippen LogP contribution in [0.5, 0.6) is 0 Å². The lowest BCUT2D eigenvalue weighted by Crippen LogP contribution is -2.40. The summed E-state index contributed by atoms with van der Waals surface area (Å²) in [7, 11) is 2.02. The number of hydrogen-bond donors (Lipinski definition) is 1. The molecule has 1 amide bonds. The maximum atomic E-state index is 13.0. The molecule has 0 aliphatic carbocycles. The SMILES string of the molecule is Cn1cc([C@@H](CC(=O)NC[C@]2(C)CCCO2)c2ccc(Cl)c(Cl)c2)c2ccccc21. The Balaban J connectivity index is 1.65. The van der Waals surface area contributed by atoms with E-state index in [1.54, 1.807) is 6.07 Å². The van der Waals surface area contributed by atoms with Crippen LogP contribution in [0.3, 0.4) is 0 Å². The predicted octanol–water partition coefficient (Wildman–Crippen LogP) is 5.69. The Kier molecular flexibility index (Phi) is 6.10. The molecule has 1 aliphatic rings. The third-order valence-electron chi connectivity index (χ3n) is 6.00. The molecule has 1 N–H and O–H groups in total. The van der Waals surface area contributed by atoms with E-state index in [-0.39, 0.29) is 17.4 Å². The van der Waals surface area contributed by atoms with E-state index in [0.29, 0.717) is 23.0 Å². The number of amides is 1. The molecule has 2 atom stereocenters. The normalized spacial score (nSPS) is 19.9. The Morgan fingerprint density at radius 1 is 1.23 bits per heavy atom. The number of aryl methyl sites for hydroxylation is 1. The van der Waals surface area contributed by atoms with Gasteiger partial charge in [0, 0.05) is 49.6 Å². The van der Waals surface area contributed by atoms with Gasteiger partial charge in [0.05, 0.1) is 15.6 Å². The zero-order chi connectivity index (χ0) is 21.3. The molecular weight excluding hydrogens is 419 g/mol. The van der Waals surface area contributed by atoms with Crippen molar-refractivity contribution in [3.63, 3.8) is 0 Å². The van der Waals surface area contributed by atoms with Crippen molar-refractivity contribution in [2.45, 2.75) is 37.7 Å². The second-order valence-electron chi connectivity index (χ2n) is 8.32. The van der Waals surface area contributed by atoms with Gasteiger partial charge in [-0.1, -0.05) is 47.5 Å². The molecule has 1 fully saturated rings. The number of fused-ring (bicyclic) bond motifs is 1. The van der Waals surface area contributed by atoms with Crippen molar-refractivity contribution in [2.75, 3.05) is 13.2 Å². The van der Waals surface area contributed by atoms with Crippen molar-refractivity contribution in [3.8, 4) is 0 Å². The topological polar surface area (TPSA) is 43.3 Å². The number of hydrogen-bond acceptors (Lipinski definition) is 2. The van der Waals surface area contributed by atoms with Gasteiger partial charge in [0.25, 0.3) is 0 Å². The van der Waals surface area contributed by atoms with Gasteiger partial charge in [-0.25, -0.2) is 0 Å². The monoisotopic (exact) mass is 444 g/mol. The van der Waals surface area contributed by atoms with Gasteiger partial charge in [-0.15, -0.1) is 0 Å². The Morgan fingerprint density at radius 2 is 2.03 bits per heavy atom. The first-order valence-corrected chi connectivity index (χ1v) is 11.0. The third kappa shape index (κ3) is 4.36. The molecule has 0 bridgehead atoms. The first-order chi connectivity index (χ1) is 14.4. The van der Waals surface area contributed by atoms with Crippen LogP contribution in [0.25, 0.3) is 10.9 Å². The highest BCUT2D eigenvalue weighted by Gasteiger charge is 2.31. The van der Waals surface area contributed by atoms with Crippen LogP contribution < -0.4 is 5.32 Å². The number of nitrogens with one attached hydrogen (secondary N) is 1. The quantitative estimate of drug-likeness (QED) is 0.530. The molecular formula is C24H26Cl2N2O2. The summed E-state index contributed by atoms with van der Waals surface area (Å²) in [5.74, 6) is -0.140. The van der Waals surface area contributed by atoms with Crippen LogP contribution in [0, 0.1) is 0 Å². The fraction of sp³-hybridized carbons (Fsp3) is 0.375. The van der Waals surface area contributed by atoms with E-state index in [4.69, 9.17) is 27.9 Å². The summed E-state index contributed by atoms with van der Waals surface area (Å²) in [5, 5.41) is 5.22. The molecule has 1 saturated heterocycles. The van der Waals surface area contributed by atoms with Crippen LogP contribution in [-0.2, 0) is 16.6 Å².